The average Bonchev–Trinajstić information content (AvgIpc) is 2.25. The molecule has 1 aromatic rings. The highest BCUT2D eigenvalue weighted by atomic mass is 79.9. The smallest absolute Gasteiger partial charge is 0.308 e. The molecule has 0 heterocycles. The largest absolute Gasteiger partial charge is 0.481 e. The molecule has 0 aliphatic heterocycles. The molecule has 92 valence electrons. The summed E-state index contributed by atoms with van der Waals surface area (Å²) in [5.74, 6) is -1.95. The standard InChI is InChI=1S/C11H13BrN2O3/c1-6(11(16)17)5-14-10(15)8-3-2-7(12)4-9(8)13/h2-4,6H,5,13H2,1H3,(H,14,15)(H,16,17). The highest BCUT2D eigenvalue weighted by Crippen LogP contribution is 2.18. The Morgan fingerprint density at radius 2 is 2.18 bits per heavy atom. The van der Waals surface area contributed by atoms with E-state index < -0.39 is 11.9 Å². The Bertz CT molecular complexity index is 448. The van der Waals surface area contributed by atoms with Crippen LogP contribution in [-0.4, -0.2) is 23.5 Å². The summed E-state index contributed by atoms with van der Waals surface area (Å²) in [6.07, 6.45) is 0. The molecule has 1 atom stereocenters. The number of anilines is 1. The van der Waals surface area contributed by atoms with Crippen LogP contribution in [-0.2, 0) is 4.79 Å². The molecule has 17 heavy (non-hydrogen) atoms. The Hall–Kier alpha value is -1.56. The van der Waals surface area contributed by atoms with Gasteiger partial charge in [-0.1, -0.05) is 22.9 Å². The van der Waals surface area contributed by atoms with Crippen LogP contribution in [0, 0.1) is 5.92 Å². The number of carbonyl (C=O) groups excluding carboxylic acids is 1. The van der Waals surface area contributed by atoms with E-state index in [4.69, 9.17) is 10.8 Å². The number of hydrogen-bond acceptors (Lipinski definition) is 3. The van der Waals surface area contributed by atoms with Crippen LogP contribution >= 0.6 is 15.9 Å². The molecule has 1 unspecified atom stereocenters. The van der Waals surface area contributed by atoms with Gasteiger partial charge in [-0.05, 0) is 18.2 Å². The molecular weight excluding hydrogens is 288 g/mol. The van der Waals surface area contributed by atoms with Crippen molar-refractivity contribution in [1.82, 2.24) is 5.32 Å². The fraction of sp³-hybridized carbons (Fsp3) is 0.273. The number of benzene rings is 1. The molecular formula is C11H13BrN2O3. The second-order valence-electron chi connectivity index (χ2n) is 3.68. The second-order valence-corrected chi connectivity index (χ2v) is 4.60. The first-order valence-electron chi connectivity index (χ1n) is 4.98. The SMILES string of the molecule is CC(CNC(=O)c1ccc(Br)cc1N)C(=O)O. The van der Waals surface area contributed by atoms with Crippen LogP contribution < -0.4 is 11.1 Å². The molecule has 4 N–H and O–H groups in total. The first kappa shape index (κ1) is 13.5. The zero-order chi connectivity index (χ0) is 13.0. The number of carbonyl (C=O) groups is 2. The van der Waals surface area contributed by atoms with Crippen LogP contribution in [0.4, 0.5) is 5.69 Å². The van der Waals surface area contributed by atoms with Crippen LogP contribution in [0.25, 0.3) is 0 Å². The monoisotopic (exact) mass is 300 g/mol. The van der Waals surface area contributed by atoms with Gasteiger partial charge in [-0.25, -0.2) is 0 Å². The van der Waals surface area contributed by atoms with Crippen molar-refractivity contribution in [2.75, 3.05) is 12.3 Å². The van der Waals surface area contributed by atoms with Crippen molar-refractivity contribution in [2.45, 2.75) is 6.92 Å². The van der Waals surface area contributed by atoms with Crippen LogP contribution in [0.15, 0.2) is 22.7 Å². The summed E-state index contributed by atoms with van der Waals surface area (Å²) in [6, 6.07) is 4.90. The highest BCUT2D eigenvalue weighted by Gasteiger charge is 2.14. The molecule has 0 spiro atoms. The average molecular weight is 301 g/mol. The number of rotatable bonds is 4. The molecule has 5 nitrogen and oxygen atoms in total. The Labute approximate surface area is 107 Å². The third-order valence-corrected chi connectivity index (χ3v) is 2.74. The number of carboxylic acid groups (broad SMARTS) is 1. The lowest BCUT2D eigenvalue weighted by Crippen LogP contribution is -2.31. The topological polar surface area (TPSA) is 92.4 Å². The maximum atomic E-state index is 11.7. The summed E-state index contributed by atoms with van der Waals surface area (Å²) >= 11 is 3.24. The Morgan fingerprint density at radius 1 is 1.53 bits per heavy atom. The van der Waals surface area contributed by atoms with Gasteiger partial charge in [-0.15, -0.1) is 0 Å². The number of nitrogen functional groups attached to an aromatic ring is 1. The lowest BCUT2D eigenvalue weighted by Gasteiger charge is -2.10. The first-order valence-corrected chi connectivity index (χ1v) is 5.77. The molecule has 0 saturated carbocycles. The number of halogens is 1. The van der Waals surface area contributed by atoms with E-state index in [1.54, 1.807) is 18.2 Å². The molecule has 1 aromatic carbocycles. The molecule has 1 amide bonds. The molecule has 1 rings (SSSR count). The summed E-state index contributed by atoms with van der Waals surface area (Å²) < 4.78 is 0.783. The van der Waals surface area contributed by atoms with E-state index >= 15 is 0 Å². The zero-order valence-electron chi connectivity index (χ0n) is 9.24. The van der Waals surface area contributed by atoms with E-state index in [1.165, 1.54) is 6.92 Å². The summed E-state index contributed by atoms with van der Waals surface area (Å²) in [6.45, 7) is 1.59. The van der Waals surface area contributed by atoms with Crippen molar-refractivity contribution in [3.8, 4) is 0 Å². The van der Waals surface area contributed by atoms with Gasteiger partial charge >= 0.3 is 5.97 Å². The predicted octanol–water partition coefficient (Wildman–Crippen LogP) is 1.48. The molecule has 0 aliphatic rings. The van der Waals surface area contributed by atoms with Crippen molar-refractivity contribution in [3.05, 3.63) is 28.2 Å². The third-order valence-electron chi connectivity index (χ3n) is 2.25. The van der Waals surface area contributed by atoms with Crippen molar-refractivity contribution in [3.63, 3.8) is 0 Å². The lowest BCUT2D eigenvalue weighted by atomic mass is 10.1. The molecule has 0 fully saturated rings. The molecule has 6 heteroatoms. The Morgan fingerprint density at radius 3 is 2.71 bits per heavy atom. The molecule has 0 radical (unpaired) electrons. The van der Waals surface area contributed by atoms with Gasteiger partial charge in [0.15, 0.2) is 0 Å². The van der Waals surface area contributed by atoms with Crippen molar-refractivity contribution in [2.24, 2.45) is 5.92 Å². The summed E-state index contributed by atoms with van der Waals surface area (Å²) in [7, 11) is 0. The Kier molecular flexibility index (Phi) is 4.51. The predicted molar refractivity (Wildman–Crippen MR) is 67.7 cm³/mol. The number of amides is 1. The Balaban J connectivity index is 2.67. The second kappa shape index (κ2) is 5.67. The minimum atomic E-state index is -0.950. The number of nitrogens with two attached hydrogens (primary N) is 1. The van der Waals surface area contributed by atoms with E-state index in [-0.39, 0.29) is 12.5 Å². The number of nitrogens with one attached hydrogen (secondary N) is 1. The number of hydrogen-bond donors (Lipinski definition) is 3. The van der Waals surface area contributed by atoms with E-state index in [0.717, 1.165) is 4.47 Å². The quantitative estimate of drug-likeness (QED) is 0.734. The van der Waals surface area contributed by atoms with Crippen LogP contribution in [0.3, 0.4) is 0 Å². The van der Waals surface area contributed by atoms with Gasteiger partial charge in [-0.3, -0.25) is 9.59 Å². The van der Waals surface area contributed by atoms with Gasteiger partial charge in [0.2, 0.25) is 0 Å². The van der Waals surface area contributed by atoms with Crippen molar-refractivity contribution >= 4 is 33.5 Å². The first-order chi connectivity index (χ1) is 7.91. The van der Waals surface area contributed by atoms with Gasteiger partial charge < -0.3 is 16.2 Å². The van der Waals surface area contributed by atoms with Gasteiger partial charge in [0.05, 0.1) is 11.5 Å². The molecule has 0 bridgehead atoms. The fourth-order valence-corrected chi connectivity index (χ4v) is 1.55. The van der Waals surface area contributed by atoms with Crippen molar-refractivity contribution in [1.29, 1.82) is 0 Å². The fourth-order valence-electron chi connectivity index (χ4n) is 1.17. The summed E-state index contributed by atoms with van der Waals surface area (Å²) in [5.41, 5.74) is 6.37. The minimum absolute atomic E-state index is 0.0731. The van der Waals surface area contributed by atoms with Crippen molar-refractivity contribution < 1.29 is 14.7 Å². The van der Waals surface area contributed by atoms with Gasteiger partial charge in [0, 0.05) is 16.7 Å². The minimum Gasteiger partial charge on any atom is -0.481 e. The maximum Gasteiger partial charge on any atom is 0.308 e. The van der Waals surface area contributed by atoms with E-state index in [0.29, 0.717) is 11.3 Å². The van der Waals surface area contributed by atoms with E-state index in [1.807, 2.05) is 0 Å². The van der Waals surface area contributed by atoms with Crippen LogP contribution in [0.2, 0.25) is 0 Å². The van der Waals surface area contributed by atoms with E-state index in [2.05, 4.69) is 21.2 Å². The highest BCUT2D eigenvalue weighted by molar-refractivity contribution is 9.10. The zero-order valence-corrected chi connectivity index (χ0v) is 10.8. The molecule has 0 saturated heterocycles. The van der Waals surface area contributed by atoms with Crippen LogP contribution in [0.5, 0.6) is 0 Å². The molecule has 0 aromatic heterocycles. The number of aliphatic carboxylic acids is 1. The maximum absolute atomic E-state index is 11.7. The van der Waals surface area contributed by atoms with E-state index in [9.17, 15) is 9.59 Å². The van der Waals surface area contributed by atoms with Gasteiger partial charge in [0.25, 0.3) is 5.91 Å². The lowest BCUT2D eigenvalue weighted by molar-refractivity contribution is -0.140. The number of carboxylic acids is 1. The van der Waals surface area contributed by atoms with Crippen LogP contribution in [0.1, 0.15) is 17.3 Å². The normalized spacial score (nSPS) is 11.9. The van der Waals surface area contributed by atoms with Gasteiger partial charge in [0.1, 0.15) is 0 Å². The van der Waals surface area contributed by atoms with Gasteiger partial charge in [-0.2, -0.15) is 0 Å². The third kappa shape index (κ3) is 3.74. The molecule has 0 aliphatic carbocycles. The summed E-state index contributed by atoms with van der Waals surface area (Å²) in [5, 5.41) is 11.2. The summed E-state index contributed by atoms with van der Waals surface area (Å²) in [4.78, 5) is 22.3.